The minimum Gasteiger partial charge on any atom is -0.465 e. The number of anilines is 1. The molecule has 0 saturated heterocycles. The summed E-state index contributed by atoms with van der Waals surface area (Å²) >= 11 is 5.94. The molecule has 0 radical (unpaired) electrons. The summed E-state index contributed by atoms with van der Waals surface area (Å²) in [5.41, 5.74) is 0.230. The van der Waals surface area contributed by atoms with Crippen molar-refractivity contribution in [3.8, 4) is 0 Å². The van der Waals surface area contributed by atoms with Crippen LogP contribution in [0.1, 0.15) is 5.76 Å². The highest BCUT2D eigenvalue weighted by atomic mass is 35.5. The molecule has 21 heavy (non-hydrogen) atoms. The van der Waals surface area contributed by atoms with Crippen LogP contribution < -0.4 is 5.32 Å². The first-order chi connectivity index (χ1) is 9.86. The number of rotatable bonds is 4. The van der Waals surface area contributed by atoms with Gasteiger partial charge in [0.15, 0.2) is 9.84 Å². The topological polar surface area (TPSA) is 76.4 Å². The van der Waals surface area contributed by atoms with Crippen molar-refractivity contribution in [1.82, 2.24) is 0 Å². The van der Waals surface area contributed by atoms with E-state index in [0.29, 0.717) is 5.76 Å². The summed E-state index contributed by atoms with van der Waals surface area (Å²) in [5, 5.41) is 2.77. The SMILES string of the molecule is CS(=O)(=O)c1ccc(Cl)c(NC(=O)C=Cc2ccco2)c1. The molecule has 110 valence electrons. The quantitative estimate of drug-likeness (QED) is 0.877. The van der Waals surface area contributed by atoms with Crippen molar-refractivity contribution in [1.29, 1.82) is 0 Å². The van der Waals surface area contributed by atoms with Gasteiger partial charge in [0.2, 0.25) is 5.91 Å². The zero-order valence-corrected chi connectivity index (χ0v) is 12.6. The standard InChI is InChI=1S/C14H12ClNO4S/c1-21(18,19)11-5-6-12(15)13(9-11)16-14(17)7-4-10-3-2-8-20-10/h2-9H,1H3,(H,16,17). The molecule has 1 amide bonds. The molecule has 7 heteroatoms. The fraction of sp³-hybridized carbons (Fsp3) is 0.0714. The molecule has 5 nitrogen and oxygen atoms in total. The summed E-state index contributed by atoms with van der Waals surface area (Å²) < 4.78 is 28.0. The van der Waals surface area contributed by atoms with Gasteiger partial charge in [-0.15, -0.1) is 0 Å². The summed E-state index contributed by atoms with van der Waals surface area (Å²) in [6.07, 6.45) is 5.33. The van der Waals surface area contributed by atoms with E-state index in [1.54, 1.807) is 12.1 Å². The van der Waals surface area contributed by atoms with Gasteiger partial charge in [0, 0.05) is 12.3 Å². The molecular weight excluding hydrogens is 314 g/mol. The third-order valence-corrected chi connectivity index (χ3v) is 4.01. The van der Waals surface area contributed by atoms with Crippen LogP contribution in [0.4, 0.5) is 5.69 Å². The second-order valence-corrected chi connectivity index (χ2v) is 6.67. The molecule has 0 fully saturated rings. The number of carbonyl (C=O) groups is 1. The second-order valence-electron chi connectivity index (χ2n) is 4.25. The molecule has 2 rings (SSSR count). The van der Waals surface area contributed by atoms with Crippen LogP contribution in [0, 0.1) is 0 Å². The summed E-state index contributed by atoms with van der Waals surface area (Å²) in [6, 6.07) is 7.51. The maximum Gasteiger partial charge on any atom is 0.248 e. The molecule has 0 bridgehead atoms. The van der Waals surface area contributed by atoms with Gasteiger partial charge in [-0.25, -0.2) is 8.42 Å². The fourth-order valence-corrected chi connectivity index (χ4v) is 2.36. The predicted octanol–water partition coefficient (Wildman–Crippen LogP) is 2.99. The summed E-state index contributed by atoms with van der Waals surface area (Å²) in [4.78, 5) is 11.9. The van der Waals surface area contributed by atoms with Crippen LogP contribution in [0.2, 0.25) is 5.02 Å². The molecule has 0 atom stereocenters. The van der Waals surface area contributed by atoms with Gasteiger partial charge < -0.3 is 9.73 Å². The zero-order valence-electron chi connectivity index (χ0n) is 11.0. The highest BCUT2D eigenvalue weighted by Gasteiger charge is 2.11. The number of furan rings is 1. The number of sulfone groups is 1. The summed E-state index contributed by atoms with van der Waals surface area (Å²) in [6.45, 7) is 0. The van der Waals surface area contributed by atoms with Crippen LogP contribution in [0.5, 0.6) is 0 Å². The van der Waals surface area contributed by atoms with Gasteiger partial charge in [-0.2, -0.15) is 0 Å². The lowest BCUT2D eigenvalue weighted by Crippen LogP contribution is -2.09. The third kappa shape index (κ3) is 4.21. The molecule has 0 saturated carbocycles. The molecular formula is C14H12ClNO4S. The molecule has 0 aliphatic heterocycles. The molecule has 0 aliphatic rings. The van der Waals surface area contributed by atoms with Crippen LogP contribution in [0.15, 0.2) is 52.0 Å². The summed E-state index contributed by atoms with van der Waals surface area (Å²) in [7, 11) is -3.37. The van der Waals surface area contributed by atoms with Crippen molar-refractivity contribution in [3.63, 3.8) is 0 Å². The number of benzene rings is 1. The zero-order chi connectivity index (χ0) is 15.5. The Balaban J connectivity index is 2.17. The molecule has 1 N–H and O–H groups in total. The molecule has 1 aromatic heterocycles. The average molecular weight is 326 g/mol. The largest absolute Gasteiger partial charge is 0.465 e. The van der Waals surface area contributed by atoms with Crippen LogP contribution in [-0.2, 0) is 14.6 Å². The minimum absolute atomic E-state index is 0.0808. The lowest BCUT2D eigenvalue weighted by atomic mass is 10.3. The van der Waals surface area contributed by atoms with Crippen molar-refractivity contribution in [3.05, 3.63) is 53.5 Å². The average Bonchev–Trinajstić information content (AvgIpc) is 2.91. The van der Waals surface area contributed by atoms with Crippen molar-refractivity contribution in [2.45, 2.75) is 4.90 Å². The van der Waals surface area contributed by atoms with Crippen LogP contribution >= 0.6 is 11.6 Å². The Hall–Kier alpha value is -2.05. The van der Waals surface area contributed by atoms with Crippen molar-refractivity contribution >= 4 is 39.1 Å². The number of halogens is 1. The Kier molecular flexibility index (Phi) is 4.50. The maximum atomic E-state index is 11.8. The van der Waals surface area contributed by atoms with Crippen LogP contribution in [0.3, 0.4) is 0 Å². The smallest absolute Gasteiger partial charge is 0.248 e. The molecule has 1 heterocycles. The monoisotopic (exact) mass is 325 g/mol. The highest BCUT2D eigenvalue weighted by Crippen LogP contribution is 2.25. The summed E-state index contributed by atoms with van der Waals surface area (Å²) in [5.74, 6) is 0.0834. The second kappa shape index (κ2) is 6.15. The van der Waals surface area contributed by atoms with Gasteiger partial charge in [0.05, 0.1) is 21.9 Å². The Morgan fingerprint density at radius 2 is 2.10 bits per heavy atom. The van der Waals surface area contributed by atoms with Gasteiger partial charge in [-0.05, 0) is 36.4 Å². The predicted molar refractivity (Wildman–Crippen MR) is 80.9 cm³/mol. The third-order valence-electron chi connectivity index (χ3n) is 2.57. The van der Waals surface area contributed by atoms with Crippen LogP contribution in [-0.4, -0.2) is 20.6 Å². The number of amides is 1. The van der Waals surface area contributed by atoms with E-state index < -0.39 is 15.7 Å². The lowest BCUT2D eigenvalue weighted by Gasteiger charge is -2.07. The van der Waals surface area contributed by atoms with Gasteiger partial charge in [-0.3, -0.25) is 4.79 Å². The van der Waals surface area contributed by atoms with Crippen molar-refractivity contribution in [2.24, 2.45) is 0 Å². The van der Waals surface area contributed by atoms with E-state index in [1.165, 1.54) is 36.6 Å². The number of hydrogen-bond acceptors (Lipinski definition) is 4. The fourth-order valence-electron chi connectivity index (χ4n) is 1.55. The first-order valence-corrected chi connectivity index (χ1v) is 8.15. The normalized spacial score (nSPS) is 11.7. The van der Waals surface area contributed by atoms with E-state index in [4.69, 9.17) is 16.0 Å². The van der Waals surface area contributed by atoms with E-state index in [2.05, 4.69) is 5.32 Å². The van der Waals surface area contributed by atoms with E-state index in [0.717, 1.165) is 6.26 Å². The Morgan fingerprint density at radius 3 is 2.71 bits per heavy atom. The van der Waals surface area contributed by atoms with E-state index in [1.807, 2.05) is 0 Å². The highest BCUT2D eigenvalue weighted by molar-refractivity contribution is 7.90. The van der Waals surface area contributed by atoms with E-state index >= 15 is 0 Å². The van der Waals surface area contributed by atoms with E-state index in [-0.39, 0.29) is 15.6 Å². The van der Waals surface area contributed by atoms with Gasteiger partial charge in [-0.1, -0.05) is 11.6 Å². The Labute approximate surface area is 127 Å². The molecule has 0 aliphatic carbocycles. The van der Waals surface area contributed by atoms with Gasteiger partial charge in [0.1, 0.15) is 5.76 Å². The molecule has 1 aromatic carbocycles. The van der Waals surface area contributed by atoms with Gasteiger partial charge >= 0.3 is 0 Å². The lowest BCUT2D eigenvalue weighted by molar-refractivity contribution is -0.111. The van der Waals surface area contributed by atoms with Crippen molar-refractivity contribution < 1.29 is 17.6 Å². The Morgan fingerprint density at radius 1 is 1.33 bits per heavy atom. The minimum atomic E-state index is -3.37. The number of hydrogen-bond donors (Lipinski definition) is 1. The molecule has 0 spiro atoms. The molecule has 2 aromatic rings. The van der Waals surface area contributed by atoms with Crippen molar-refractivity contribution in [2.75, 3.05) is 11.6 Å². The van der Waals surface area contributed by atoms with E-state index in [9.17, 15) is 13.2 Å². The van der Waals surface area contributed by atoms with Gasteiger partial charge in [0.25, 0.3) is 0 Å². The number of carbonyl (C=O) groups excluding carboxylic acids is 1. The Bertz CT molecular complexity index is 779. The first-order valence-electron chi connectivity index (χ1n) is 5.88. The molecule has 0 unspecified atom stereocenters. The first kappa shape index (κ1) is 15.3. The van der Waals surface area contributed by atoms with Crippen LogP contribution in [0.25, 0.3) is 6.08 Å². The number of nitrogens with one attached hydrogen (secondary N) is 1. The maximum absolute atomic E-state index is 11.8.